The van der Waals surface area contributed by atoms with Gasteiger partial charge in [-0.15, -0.1) is 0 Å². The number of hydrogen-bond acceptors (Lipinski definition) is 2. The van der Waals surface area contributed by atoms with Crippen molar-refractivity contribution in [1.82, 2.24) is 0 Å². The monoisotopic (exact) mass is 142 g/mol. The van der Waals surface area contributed by atoms with Gasteiger partial charge in [0.05, 0.1) is 11.8 Å². The van der Waals surface area contributed by atoms with Crippen LogP contribution in [0.15, 0.2) is 12.2 Å². The molecule has 1 unspecified atom stereocenters. The fraction of sp³-hybridized carbons (Fsp3) is 0.333. The summed E-state index contributed by atoms with van der Waals surface area (Å²) < 4.78 is 0. The second kappa shape index (κ2) is 1.83. The number of aliphatic carboxylic acids is 2. The molecule has 2 atom stereocenters. The van der Waals surface area contributed by atoms with Crippen molar-refractivity contribution in [1.29, 1.82) is 0 Å². The quantitative estimate of drug-likeness (QED) is 0.530. The molecular formula is C6H6O4. The van der Waals surface area contributed by atoms with Crippen LogP contribution < -0.4 is 0 Å². The van der Waals surface area contributed by atoms with Gasteiger partial charge in [-0.25, -0.2) is 0 Å². The SMILES string of the molecule is C=C1C(C(=O)O)[C@H]1C(=O)O. The lowest BCUT2D eigenvalue weighted by Gasteiger charge is -1.83. The molecule has 54 valence electrons. The van der Waals surface area contributed by atoms with E-state index in [0.717, 1.165) is 0 Å². The van der Waals surface area contributed by atoms with Crippen molar-refractivity contribution in [2.75, 3.05) is 0 Å². The second-order valence-corrected chi connectivity index (χ2v) is 2.21. The number of carbonyl (C=O) groups is 2. The lowest BCUT2D eigenvalue weighted by atomic mass is 10.3. The molecule has 1 aliphatic rings. The van der Waals surface area contributed by atoms with Crippen LogP contribution in [-0.4, -0.2) is 22.2 Å². The Kier molecular flexibility index (Phi) is 1.24. The Labute approximate surface area is 56.8 Å². The molecule has 0 spiro atoms. The Morgan fingerprint density at radius 2 is 1.50 bits per heavy atom. The largest absolute Gasteiger partial charge is 0.481 e. The third-order valence-corrected chi connectivity index (χ3v) is 1.56. The van der Waals surface area contributed by atoms with Crippen molar-refractivity contribution >= 4 is 11.9 Å². The summed E-state index contributed by atoms with van der Waals surface area (Å²) in [6.45, 7) is 3.31. The molecule has 0 aromatic rings. The molecule has 0 radical (unpaired) electrons. The summed E-state index contributed by atoms with van der Waals surface area (Å²) in [7, 11) is 0. The van der Waals surface area contributed by atoms with Crippen LogP contribution in [0.3, 0.4) is 0 Å². The van der Waals surface area contributed by atoms with E-state index in [-0.39, 0.29) is 0 Å². The summed E-state index contributed by atoms with van der Waals surface area (Å²) in [6.07, 6.45) is 0. The standard InChI is InChI=1S/C6H6O4/c1-2-3(5(7)8)4(2)6(9)10/h3-4H,1H2,(H,7,8)(H,9,10)/t3-,4?/m0/s1. The smallest absolute Gasteiger partial charge is 0.311 e. The first-order valence-electron chi connectivity index (χ1n) is 2.70. The maximum Gasteiger partial charge on any atom is 0.311 e. The van der Waals surface area contributed by atoms with Gasteiger partial charge >= 0.3 is 11.9 Å². The van der Waals surface area contributed by atoms with Gasteiger partial charge < -0.3 is 10.2 Å². The Morgan fingerprint density at radius 3 is 1.60 bits per heavy atom. The third kappa shape index (κ3) is 0.775. The Balaban J connectivity index is 2.66. The van der Waals surface area contributed by atoms with Crippen molar-refractivity contribution in [3.8, 4) is 0 Å². The van der Waals surface area contributed by atoms with Gasteiger partial charge in [0.2, 0.25) is 0 Å². The number of hydrogen-bond donors (Lipinski definition) is 2. The number of carboxylic acid groups (broad SMARTS) is 2. The molecule has 1 fully saturated rings. The van der Waals surface area contributed by atoms with Crippen LogP contribution in [0.25, 0.3) is 0 Å². The summed E-state index contributed by atoms with van der Waals surface area (Å²) in [5.74, 6) is -3.90. The van der Waals surface area contributed by atoms with Crippen LogP contribution >= 0.6 is 0 Å². The average Bonchev–Trinajstić information content (AvgIpc) is 2.40. The molecule has 1 aliphatic carbocycles. The molecule has 4 nitrogen and oxygen atoms in total. The molecule has 1 rings (SSSR count). The van der Waals surface area contributed by atoms with E-state index in [1.807, 2.05) is 0 Å². The first-order valence-corrected chi connectivity index (χ1v) is 2.70. The minimum absolute atomic E-state index is 0.292. The Morgan fingerprint density at radius 1 is 1.20 bits per heavy atom. The van der Waals surface area contributed by atoms with Crippen LogP contribution in [-0.2, 0) is 9.59 Å². The molecule has 0 aromatic carbocycles. The van der Waals surface area contributed by atoms with Gasteiger partial charge in [0.15, 0.2) is 0 Å². The van der Waals surface area contributed by atoms with E-state index in [0.29, 0.717) is 5.57 Å². The van der Waals surface area contributed by atoms with Crippen LogP contribution in [0, 0.1) is 11.8 Å². The van der Waals surface area contributed by atoms with Gasteiger partial charge in [0.1, 0.15) is 0 Å². The van der Waals surface area contributed by atoms with Crippen molar-refractivity contribution in [2.24, 2.45) is 11.8 Å². The van der Waals surface area contributed by atoms with E-state index in [2.05, 4.69) is 6.58 Å². The van der Waals surface area contributed by atoms with Crippen molar-refractivity contribution in [2.45, 2.75) is 0 Å². The fourth-order valence-corrected chi connectivity index (χ4v) is 0.917. The summed E-state index contributed by atoms with van der Waals surface area (Å²) in [5, 5.41) is 16.6. The first kappa shape index (κ1) is 6.80. The van der Waals surface area contributed by atoms with Crippen LogP contribution in [0.2, 0.25) is 0 Å². The predicted molar refractivity (Wildman–Crippen MR) is 31.4 cm³/mol. The molecule has 1 saturated carbocycles. The van der Waals surface area contributed by atoms with Gasteiger partial charge in [0.25, 0.3) is 0 Å². The Hall–Kier alpha value is -1.32. The molecule has 10 heavy (non-hydrogen) atoms. The zero-order valence-corrected chi connectivity index (χ0v) is 5.07. The van der Waals surface area contributed by atoms with E-state index in [4.69, 9.17) is 10.2 Å². The van der Waals surface area contributed by atoms with E-state index in [9.17, 15) is 9.59 Å². The third-order valence-electron chi connectivity index (χ3n) is 1.56. The molecule has 2 N–H and O–H groups in total. The molecule has 0 heterocycles. The van der Waals surface area contributed by atoms with E-state index >= 15 is 0 Å². The van der Waals surface area contributed by atoms with Crippen LogP contribution in [0.5, 0.6) is 0 Å². The molecule has 0 saturated heterocycles. The normalized spacial score (nSPS) is 29.8. The average molecular weight is 142 g/mol. The highest BCUT2D eigenvalue weighted by Gasteiger charge is 2.53. The van der Waals surface area contributed by atoms with Gasteiger partial charge in [-0.05, 0) is 5.57 Å². The highest BCUT2D eigenvalue weighted by molar-refractivity contribution is 5.92. The van der Waals surface area contributed by atoms with Crippen molar-refractivity contribution in [3.05, 3.63) is 12.2 Å². The van der Waals surface area contributed by atoms with Crippen LogP contribution in [0.4, 0.5) is 0 Å². The molecule has 4 heteroatoms. The van der Waals surface area contributed by atoms with E-state index in [1.165, 1.54) is 0 Å². The van der Waals surface area contributed by atoms with Gasteiger partial charge in [-0.2, -0.15) is 0 Å². The zero-order valence-electron chi connectivity index (χ0n) is 5.07. The van der Waals surface area contributed by atoms with Gasteiger partial charge in [-0.1, -0.05) is 6.58 Å². The molecule has 0 bridgehead atoms. The summed E-state index contributed by atoms with van der Waals surface area (Å²) in [4.78, 5) is 20.3. The molecular weight excluding hydrogens is 136 g/mol. The van der Waals surface area contributed by atoms with Crippen LogP contribution in [0.1, 0.15) is 0 Å². The first-order chi connectivity index (χ1) is 4.55. The summed E-state index contributed by atoms with van der Waals surface area (Å²) in [6, 6.07) is 0. The minimum atomic E-state index is -1.10. The minimum Gasteiger partial charge on any atom is -0.481 e. The summed E-state index contributed by atoms with van der Waals surface area (Å²) >= 11 is 0. The number of rotatable bonds is 2. The maximum absolute atomic E-state index is 10.2. The van der Waals surface area contributed by atoms with E-state index < -0.39 is 23.8 Å². The summed E-state index contributed by atoms with van der Waals surface area (Å²) in [5.41, 5.74) is 0.292. The maximum atomic E-state index is 10.2. The lowest BCUT2D eigenvalue weighted by molar-refractivity contribution is -0.144. The van der Waals surface area contributed by atoms with Crippen molar-refractivity contribution in [3.63, 3.8) is 0 Å². The topological polar surface area (TPSA) is 74.6 Å². The molecule has 0 aliphatic heterocycles. The highest BCUT2D eigenvalue weighted by atomic mass is 16.4. The fourth-order valence-electron chi connectivity index (χ4n) is 0.917. The second-order valence-electron chi connectivity index (χ2n) is 2.21. The zero-order chi connectivity index (χ0) is 7.89. The Bertz CT molecular complexity index is 196. The lowest BCUT2D eigenvalue weighted by Crippen LogP contribution is -2.05. The molecule has 0 aromatic heterocycles. The predicted octanol–water partition coefficient (Wildman–Crippen LogP) is -0.0422. The van der Waals surface area contributed by atoms with E-state index in [1.54, 1.807) is 0 Å². The van der Waals surface area contributed by atoms with Crippen molar-refractivity contribution < 1.29 is 19.8 Å². The van der Waals surface area contributed by atoms with Gasteiger partial charge in [0, 0.05) is 0 Å². The molecule has 0 amide bonds. The van der Waals surface area contributed by atoms with Gasteiger partial charge in [-0.3, -0.25) is 9.59 Å². The number of carboxylic acids is 2. The highest BCUT2D eigenvalue weighted by Crippen LogP contribution is 2.44.